The van der Waals surface area contributed by atoms with E-state index in [1.165, 1.54) is 4.31 Å². The van der Waals surface area contributed by atoms with Crippen molar-refractivity contribution in [1.29, 1.82) is 0 Å². The van der Waals surface area contributed by atoms with E-state index in [1.54, 1.807) is 12.1 Å². The van der Waals surface area contributed by atoms with Crippen LogP contribution in [0.4, 0.5) is 0 Å². The minimum Gasteiger partial charge on any atom is -0.343 e. The maximum Gasteiger partial charge on any atom is 0.243 e. The van der Waals surface area contributed by atoms with E-state index in [9.17, 15) is 8.42 Å². The van der Waals surface area contributed by atoms with E-state index in [0.29, 0.717) is 4.90 Å². The average Bonchev–Trinajstić information content (AvgIpc) is 3.08. The van der Waals surface area contributed by atoms with Gasteiger partial charge in [0.05, 0.1) is 10.9 Å². The molecule has 3 atom stereocenters. The number of benzene rings is 2. The summed E-state index contributed by atoms with van der Waals surface area (Å²) < 4.78 is 40.3. The van der Waals surface area contributed by atoms with E-state index >= 15 is 0 Å². The fourth-order valence-electron chi connectivity index (χ4n) is 3.83. The van der Waals surface area contributed by atoms with Crippen LogP contribution in [0.25, 0.3) is 0 Å². The lowest BCUT2D eigenvalue weighted by Crippen LogP contribution is -2.36. The molecule has 4 rings (SSSR count). The first-order valence-electron chi connectivity index (χ1n) is 8.77. The fraction of sp³-hybridized carbons (Fsp3) is 0.400. The molecule has 0 aliphatic carbocycles. The summed E-state index contributed by atoms with van der Waals surface area (Å²) in [6.45, 7) is 5.95. The van der Waals surface area contributed by atoms with Gasteiger partial charge >= 0.3 is 0 Å². The first-order valence-corrected chi connectivity index (χ1v) is 10.2. The van der Waals surface area contributed by atoms with Gasteiger partial charge in [-0.25, -0.2) is 8.42 Å². The van der Waals surface area contributed by atoms with Crippen LogP contribution in [0.1, 0.15) is 31.0 Å². The molecular formula is C20H23NO4S. The Hall–Kier alpha value is -1.73. The molecule has 0 amide bonds. The van der Waals surface area contributed by atoms with Crippen molar-refractivity contribution in [2.75, 3.05) is 6.54 Å². The standard InChI is InChI=1S/C20H23NO4S/c1-14-9-11-16(12-10-14)26(22,23)21-13-17-19(25-20(2,3)24-17)18(21)15-7-5-4-6-8-15/h4-12,17-19H,13H2,1-3H3/t17-,18+,19-/m0/s1. The lowest BCUT2D eigenvalue weighted by atomic mass is 10.0. The molecule has 2 heterocycles. The van der Waals surface area contributed by atoms with Gasteiger partial charge in [0.2, 0.25) is 10.0 Å². The Morgan fingerprint density at radius 1 is 1.00 bits per heavy atom. The number of sulfonamides is 1. The molecular weight excluding hydrogens is 350 g/mol. The van der Waals surface area contributed by atoms with Gasteiger partial charge in [-0.2, -0.15) is 4.31 Å². The monoisotopic (exact) mass is 373 g/mol. The number of ether oxygens (including phenoxy) is 2. The van der Waals surface area contributed by atoms with E-state index in [4.69, 9.17) is 9.47 Å². The lowest BCUT2D eigenvalue weighted by molar-refractivity contribution is -0.157. The minimum absolute atomic E-state index is 0.282. The first-order chi connectivity index (χ1) is 12.3. The molecule has 0 unspecified atom stereocenters. The summed E-state index contributed by atoms with van der Waals surface area (Å²) in [4.78, 5) is 0.295. The number of rotatable bonds is 3. The molecule has 2 fully saturated rings. The number of hydrogen-bond acceptors (Lipinski definition) is 4. The van der Waals surface area contributed by atoms with E-state index < -0.39 is 21.9 Å². The normalized spacial score (nSPS) is 28.2. The average molecular weight is 373 g/mol. The second-order valence-electron chi connectivity index (χ2n) is 7.38. The van der Waals surface area contributed by atoms with Gasteiger partial charge < -0.3 is 9.47 Å². The third kappa shape index (κ3) is 2.97. The first kappa shape index (κ1) is 17.7. The molecule has 26 heavy (non-hydrogen) atoms. The topological polar surface area (TPSA) is 55.8 Å². The summed E-state index contributed by atoms with van der Waals surface area (Å²) in [6, 6.07) is 16.2. The van der Waals surface area contributed by atoms with Crippen LogP contribution in [-0.2, 0) is 19.5 Å². The van der Waals surface area contributed by atoms with Gasteiger partial charge in [0.25, 0.3) is 0 Å². The third-order valence-electron chi connectivity index (χ3n) is 4.97. The molecule has 2 saturated heterocycles. The molecule has 2 aliphatic heterocycles. The number of fused-ring (bicyclic) bond motifs is 1. The molecule has 2 aliphatic rings. The Balaban J connectivity index is 1.76. The van der Waals surface area contributed by atoms with Crippen molar-refractivity contribution in [2.45, 2.75) is 49.7 Å². The minimum atomic E-state index is -3.66. The molecule has 2 aromatic carbocycles. The van der Waals surface area contributed by atoms with Gasteiger partial charge in [0.15, 0.2) is 5.79 Å². The molecule has 0 bridgehead atoms. The molecule has 0 saturated carbocycles. The zero-order chi connectivity index (χ0) is 18.5. The van der Waals surface area contributed by atoms with Crippen LogP contribution in [0.3, 0.4) is 0 Å². The smallest absolute Gasteiger partial charge is 0.243 e. The predicted molar refractivity (Wildman–Crippen MR) is 98.1 cm³/mol. The van der Waals surface area contributed by atoms with Crippen LogP contribution < -0.4 is 0 Å². The van der Waals surface area contributed by atoms with Gasteiger partial charge in [-0.3, -0.25) is 0 Å². The van der Waals surface area contributed by atoms with Gasteiger partial charge in [-0.05, 0) is 38.5 Å². The quantitative estimate of drug-likeness (QED) is 0.829. The maximum atomic E-state index is 13.3. The summed E-state index contributed by atoms with van der Waals surface area (Å²) >= 11 is 0. The van der Waals surface area contributed by atoms with E-state index in [1.807, 2.05) is 63.2 Å². The molecule has 0 aromatic heterocycles. The van der Waals surface area contributed by atoms with Crippen molar-refractivity contribution in [3.63, 3.8) is 0 Å². The largest absolute Gasteiger partial charge is 0.343 e. The Bertz CT molecular complexity index is 893. The molecule has 0 N–H and O–H groups in total. The van der Waals surface area contributed by atoms with Crippen LogP contribution in [0.15, 0.2) is 59.5 Å². The van der Waals surface area contributed by atoms with Crippen LogP contribution in [-0.4, -0.2) is 37.3 Å². The Kier molecular flexibility index (Phi) is 4.19. The van der Waals surface area contributed by atoms with Crippen molar-refractivity contribution >= 4 is 10.0 Å². The second kappa shape index (κ2) is 6.16. The zero-order valence-electron chi connectivity index (χ0n) is 15.1. The van der Waals surface area contributed by atoms with Gasteiger partial charge in [0.1, 0.15) is 12.2 Å². The summed E-state index contributed by atoms with van der Waals surface area (Å²) in [7, 11) is -3.66. The van der Waals surface area contributed by atoms with E-state index in [2.05, 4.69) is 0 Å². The lowest BCUT2D eigenvalue weighted by Gasteiger charge is -2.29. The number of aryl methyl sites for hydroxylation is 1. The van der Waals surface area contributed by atoms with Crippen LogP contribution in [0.5, 0.6) is 0 Å². The van der Waals surface area contributed by atoms with E-state index in [-0.39, 0.29) is 18.8 Å². The van der Waals surface area contributed by atoms with Crippen LogP contribution in [0.2, 0.25) is 0 Å². The molecule has 138 valence electrons. The number of hydrogen-bond donors (Lipinski definition) is 0. The fourth-order valence-corrected chi connectivity index (χ4v) is 5.46. The van der Waals surface area contributed by atoms with Crippen molar-refractivity contribution in [3.05, 3.63) is 65.7 Å². The molecule has 2 aromatic rings. The Morgan fingerprint density at radius 2 is 1.65 bits per heavy atom. The predicted octanol–water partition coefficient (Wildman–Crippen LogP) is 3.26. The molecule has 0 spiro atoms. The Morgan fingerprint density at radius 3 is 2.31 bits per heavy atom. The zero-order valence-corrected chi connectivity index (χ0v) is 15.9. The SMILES string of the molecule is Cc1ccc(S(=O)(=O)N2C[C@@H]3OC(C)(C)O[C@@H]3[C@H]2c2ccccc2)cc1. The highest BCUT2D eigenvalue weighted by Gasteiger charge is 2.56. The molecule has 5 nitrogen and oxygen atoms in total. The van der Waals surface area contributed by atoms with Crippen molar-refractivity contribution < 1.29 is 17.9 Å². The van der Waals surface area contributed by atoms with Crippen LogP contribution >= 0.6 is 0 Å². The summed E-state index contributed by atoms with van der Waals surface area (Å²) in [5, 5.41) is 0. The second-order valence-corrected chi connectivity index (χ2v) is 9.27. The highest BCUT2D eigenvalue weighted by atomic mass is 32.2. The highest BCUT2D eigenvalue weighted by Crippen LogP contribution is 2.45. The van der Waals surface area contributed by atoms with Gasteiger partial charge in [-0.1, -0.05) is 48.0 Å². The maximum absolute atomic E-state index is 13.3. The van der Waals surface area contributed by atoms with Crippen molar-refractivity contribution in [1.82, 2.24) is 4.31 Å². The third-order valence-corrected chi connectivity index (χ3v) is 6.83. The summed E-state index contributed by atoms with van der Waals surface area (Å²) in [5.41, 5.74) is 1.94. The van der Waals surface area contributed by atoms with Crippen molar-refractivity contribution in [2.24, 2.45) is 0 Å². The Labute approximate surface area is 154 Å². The summed E-state index contributed by atoms with van der Waals surface area (Å²) in [5.74, 6) is -0.706. The van der Waals surface area contributed by atoms with Crippen molar-refractivity contribution in [3.8, 4) is 0 Å². The highest BCUT2D eigenvalue weighted by molar-refractivity contribution is 7.89. The van der Waals surface area contributed by atoms with Crippen LogP contribution in [0, 0.1) is 6.92 Å². The van der Waals surface area contributed by atoms with E-state index in [0.717, 1.165) is 11.1 Å². The number of nitrogens with zero attached hydrogens (tertiary/aromatic N) is 1. The van der Waals surface area contributed by atoms with Gasteiger partial charge in [0, 0.05) is 6.54 Å². The molecule has 6 heteroatoms. The summed E-state index contributed by atoms with van der Waals surface area (Å²) in [6.07, 6.45) is -0.608. The molecule has 0 radical (unpaired) electrons. The van der Waals surface area contributed by atoms with Gasteiger partial charge in [-0.15, -0.1) is 0 Å².